The van der Waals surface area contributed by atoms with Crippen LogP contribution in [0.5, 0.6) is 0 Å². The summed E-state index contributed by atoms with van der Waals surface area (Å²) >= 11 is 12.0. The van der Waals surface area contributed by atoms with E-state index in [9.17, 15) is 9.59 Å². The molecule has 0 spiro atoms. The Hall–Kier alpha value is -2.08. The van der Waals surface area contributed by atoms with Crippen molar-refractivity contribution in [3.8, 4) is 0 Å². The number of benzene rings is 2. The van der Waals surface area contributed by atoms with Crippen LogP contribution in [0.15, 0.2) is 42.5 Å². The van der Waals surface area contributed by atoms with Crippen molar-refractivity contribution in [1.29, 1.82) is 0 Å². The van der Waals surface area contributed by atoms with Crippen LogP contribution in [0.1, 0.15) is 5.56 Å². The van der Waals surface area contributed by atoms with Crippen LogP contribution >= 0.6 is 23.2 Å². The monoisotopic (exact) mass is 379 g/mol. The smallest absolute Gasteiger partial charge is 0.238 e. The Labute approximate surface area is 156 Å². The molecular formula is C18H19Cl2N3O2. The van der Waals surface area contributed by atoms with Gasteiger partial charge in [0.15, 0.2) is 0 Å². The van der Waals surface area contributed by atoms with E-state index in [1.807, 2.05) is 6.92 Å². The minimum absolute atomic E-state index is 0.0627. The predicted octanol–water partition coefficient (Wildman–Crippen LogP) is 3.81. The lowest BCUT2D eigenvalue weighted by molar-refractivity contribution is -0.119. The van der Waals surface area contributed by atoms with Crippen LogP contribution in [0.3, 0.4) is 0 Å². The zero-order valence-electron chi connectivity index (χ0n) is 14.0. The average Bonchev–Trinajstić information content (AvgIpc) is 2.53. The normalized spacial score (nSPS) is 10.6. The summed E-state index contributed by atoms with van der Waals surface area (Å²) in [6, 6.07) is 12.3. The molecule has 0 aliphatic carbocycles. The van der Waals surface area contributed by atoms with Crippen LogP contribution in [0.25, 0.3) is 0 Å². The Balaban J connectivity index is 1.86. The molecule has 2 amide bonds. The van der Waals surface area contributed by atoms with Gasteiger partial charge < -0.3 is 10.6 Å². The number of carbonyl (C=O) groups is 2. The number of amides is 2. The maximum Gasteiger partial charge on any atom is 0.238 e. The number of nitrogens with zero attached hydrogens (tertiary/aromatic N) is 1. The molecule has 2 aromatic carbocycles. The molecule has 0 aliphatic heterocycles. The molecule has 0 unspecified atom stereocenters. The summed E-state index contributed by atoms with van der Waals surface area (Å²) in [4.78, 5) is 25.8. The average molecular weight is 380 g/mol. The summed E-state index contributed by atoms with van der Waals surface area (Å²) in [5.74, 6) is -0.472. The summed E-state index contributed by atoms with van der Waals surface area (Å²) in [5.41, 5.74) is 2.00. The van der Waals surface area contributed by atoms with Crippen molar-refractivity contribution in [2.45, 2.75) is 6.92 Å². The van der Waals surface area contributed by atoms with Gasteiger partial charge in [0.05, 0.1) is 23.8 Å². The summed E-state index contributed by atoms with van der Waals surface area (Å²) < 4.78 is 0. The van der Waals surface area contributed by atoms with Gasteiger partial charge in [-0.05, 0) is 43.8 Å². The van der Waals surface area contributed by atoms with Gasteiger partial charge in [-0.15, -0.1) is 0 Å². The standard InChI is InChI=1S/C18H19Cl2N3O2/c1-12-13(19)7-5-9-15(12)21-17(24)10-23(2)11-18(25)22-16-8-4-3-6-14(16)20/h3-9H,10-11H2,1-2H3,(H,21,24)(H,22,25). The lowest BCUT2D eigenvalue weighted by Crippen LogP contribution is -2.36. The molecule has 0 saturated carbocycles. The third kappa shape index (κ3) is 5.74. The first-order valence-electron chi connectivity index (χ1n) is 7.64. The van der Waals surface area contributed by atoms with Gasteiger partial charge in [0.2, 0.25) is 11.8 Å². The highest BCUT2D eigenvalue weighted by molar-refractivity contribution is 6.33. The maximum atomic E-state index is 12.1. The molecule has 0 bridgehead atoms. The molecule has 7 heteroatoms. The van der Waals surface area contributed by atoms with Gasteiger partial charge in [-0.1, -0.05) is 41.4 Å². The van der Waals surface area contributed by atoms with E-state index in [-0.39, 0.29) is 24.9 Å². The maximum absolute atomic E-state index is 12.1. The van der Waals surface area contributed by atoms with Crippen LogP contribution in [-0.2, 0) is 9.59 Å². The Bertz CT molecular complexity index is 781. The SMILES string of the molecule is Cc1c(Cl)cccc1NC(=O)CN(C)CC(=O)Nc1ccccc1Cl. The fourth-order valence-electron chi connectivity index (χ4n) is 2.23. The van der Waals surface area contributed by atoms with Gasteiger partial charge in [0, 0.05) is 10.7 Å². The van der Waals surface area contributed by atoms with E-state index in [4.69, 9.17) is 23.2 Å². The second-order valence-electron chi connectivity index (χ2n) is 5.66. The Kier molecular flexibility index (Phi) is 6.82. The highest BCUT2D eigenvalue weighted by Crippen LogP contribution is 2.23. The van der Waals surface area contributed by atoms with Gasteiger partial charge in [0.1, 0.15) is 0 Å². The van der Waals surface area contributed by atoms with E-state index in [0.29, 0.717) is 21.4 Å². The Morgan fingerprint density at radius 1 is 0.880 bits per heavy atom. The number of anilines is 2. The number of hydrogen-bond donors (Lipinski definition) is 2. The molecule has 0 fully saturated rings. The molecule has 2 aromatic rings. The molecule has 0 radical (unpaired) electrons. The van der Waals surface area contributed by atoms with Crippen molar-refractivity contribution in [2.24, 2.45) is 0 Å². The highest BCUT2D eigenvalue weighted by atomic mass is 35.5. The number of nitrogens with one attached hydrogen (secondary N) is 2. The summed E-state index contributed by atoms with van der Waals surface area (Å²) in [5, 5.41) is 6.57. The molecule has 132 valence electrons. The van der Waals surface area contributed by atoms with Crippen LogP contribution in [0.4, 0.5) is 11.4 Å². The van der Waals surface area contributed by atoms with E-state index in [1.54, 1.807) is 54.4 Å². The number of rotatable bonds is 6. The van der Waals surface area contributed by atoms with E-state index in [1.165, 1.54) is 0 Å². The Morgan fingerprint density at radius 3 is 2.04 bits per heavy atom. The predicted molar refractivity (Wildman–Crippen MR) is 102 cm³/mol. The van der Waals surface area contributed by atoms with Crippen molar-refractivity contribution >= 4 is 46.4 Å². The fourth-order valence-corrected chi connectivity index (χ4v) is 2.59. The minimum Gasteiger partial charge on any atom is -0.325 e. The molecule has 25 heavy (non-hydrogen) atoms. The van der Waals surface area contributed by atoms with Gasteiger partial charge in [-0.3, -0.25) is 14.5 Å². The largest absolute Gasteiger partial charge is 0.325 e. The minimum atomic E-state index is -0.248. The summed E-state index contributed by atoms with van der Waals surface area (Å²) in [7, 11) is 1.69. The van der Waals surface area contributed by atoms with Crippen LogP contribution in [0.2, 0.25) is 10.0 Å². The van der Waals surface area contributed by atoms with E-state index >= 15 is 0 Å². The number of likely N-dealkylation sites (N-methyl/N-ethyl adjacent to an activating group) is 1. The van der Waals surface area contributed by atoms with E-state index < -0.39 is 0 Å². The van der Waals surface area contributed by atoms with Gasteiger partial charge in [-0.25, -0.2) is 0 Å². The molecule has 2 rings (SSSR count). The van der Waals surface area contributed by atoms with E-state index in [0.717, 1.165) is 5.56 Å². The molecule has 0 heterocycles. The first-order valence-corrected chi connectivity index (χ1v) is 8.40. The Morgan fingerprint density at radius 2 is 1.40 bits per heavy atom. The third-order valence-corrected chi connectivity index (χ3v) is 4.26. The lowest BCUT2D eigenvalue weighted by atomic mass is 10.2. The molecule has 0 saturated heterocycles. The molecular weight excluding hydrogens is 361 g/mol. The topological polar surface area (TPSA) is 61.4 Å². The summed E-state index contributed by atoms with van der Waals surface area (Å²) in [6.07, 6.45) is 0. The highest BCUT2D eigenvalue weighted by Gasteiger charge is 2.13. The second kappa shape index (κ2) is 8.85. The quantitative estimate of drug-likeness (QED) is 0.801. The van der Waals surface area contributed by atoms with Crippen molar-refractivity contribution in [3.05, 3.63) is 58.1 Å². The lowest BCUT2D eigenvalue weighted by Gasteiger charge is -2.17. The molecule has 0 aliphatic rings. The van der Waals surface area contributed by atoms with Crippen molar-refractivity contribution < 1.29 is 9.59 Å². The van der Waals surface area contributed by atoms with Gasteiger partial charge in [-0.2, -0.15) is 0 Å². The van der Waals surface area contributed by atoms with Gasteiger partial charge in [0.25, 0.3) is 0 Å². The van der Waals surface area contributed by atoms with Crippen molar-refractivity contribution in [3.63, 3.8) is 0 Å². The van der Waals surface area contributed by atoms with Crippen molar-refractivity contribution in [1.82, 2.24) is 4.90 Å². The third-order valence-electron chi connectivity index (χ3n) is 3.52. The van der Waals surface area contributed by atoms with Crippen LogP contribution in [0, 0.1) is 6.92 Å². The zero-order chi connectivity index (χ0) is 18.4. The summed E-state index contributed by atoms with van der Waals surface area (Å²) in [6.45, 7) is 1.97. The number of halogens is 2. The zero-order valence-corrected chi connectivity index (χ0v) is 15.5. The molecule has 2 N–H and O–H groups in total. The second-order valence-corrected chi connectivity index (χ2v) is 6.48. The van der Waals surface area contributed by atoms with Crippen molar-refractivity contribution in [2.75, 3.05) is 30.8 Å². The molecule has 5 nitrogen and oxygen atoms in total. The van der Waals surface area contributed by atoms with Gasteiger partial charge >= 0.3 is 0 Å². The number of hydrogen-bond acceptors (Lipinski definition) is 3. The number of carbonyl (C=O) groups excluding carboxylic acids is 2. The fraction of sp³-hybridized carbons (Fsp3) is 0.222. The molecule has 0 atom stereocenters. The first-order chi connectivity index (χ1) is 11.9. The molecule has 0 aromatic heterocycles. The first kappa shape index (κ1) is 19.2. The number of para-hydroxylation sites is 1. The van der Waals surface area contributed by atoms with E-state index in [2.05, 4.69) is 10.6 Å². The van der Waals surface area contributed by atoms with Crippen LogP contribution < -0.4 is 10.6 Å². The van der Waals surface area contributed by atoms with Crippen LogP contribution in [-0.4, -0.2) is 36.9 Å².